The molecule has 2 rings (SSSR count). The van der Waals surface area contributed by atoms with Gasteiger partial charge in [-0.15, -0.1) is 0 Å². The Hall–Kier alpha value is -1.83. The first kappa shape index (κ1) is 14.2. The fourth-order valence-corrected chi connectivity index (χ4v) is 1.31. The Kier molecular flexibility index (Phi) is 5.92. The summed E-state index contributed by atoms with van der Waals surface area (Å²) in [6.07, 6.45) is 3.73. The third-order valence-corrected chi connectivity index (χ3v) is 2.06. The summed E-state index contributed by atoms with van der Waals surface area (Å²) in [5.74, 6) is 0.884. The van der Waals surface area contributed by atoms with Gasteiger partial charge in [0, 0.05) is 12.4 Å². The van der Waals surface area contributed by atoms with Gasteiger partial charge in [-0.2, -0.15) is 5.10 Å². The van der Waals surface area contributed by atoms with E-state index in [0.717, 1.165) is 12.3 Å². The molecule has 0 aliphatic heterocycles. The molecule has 0 aliphatic rings. The molecule has 1 aromatic heterocycles. The van der Waals surface area contributed by atoms with Gasteiger partial charge < -0.3 is 19.8 Å². The molecule has 1 heterocycles. The summed E-state index contributed by atoms with van der Waals surface area (Å²) in [6, 6.07) is 9.92. The average Bonchev–Trinajstić information content (AvgIpc) is 2.82. The average molecular weight is 250 g/mol. The molecule has 0 spiro atoms. The van der Waals surface area contributed by atoms with E-state index in [2.05, 4.69) is 5.10 Å². The van der Waals surface area contributed by atoms with Gasteiger partial charge >= 0.3 is 7.32 Å². The number of rotatable bonds is 3. The lowest BCUT2D eigenvalue weighted by Crippen LogP contribution is -2.07. The molecule has 0 saturated heterocycles. The van der Waals surface area contributed by atoms with E-state index >= 15 is 0 Å². The smallest absolute Gasteiger partial charge is 0.497 e. The van der Waals surface area contributed by atoms with Crippen LogP contribution in [-0.4, -0.2) is 39.3 Å². The van der Waals surface area contributed by atoms with Crippen molar-refractivity contribution in [2.24, 2.45) is 0 Å². The van der Waals surface area contributed by atoms with Crippen molar-refractivity contribution < 1.29 is 19.8 Å². The van der Waals surface area contributed by atoms with Gasteiger partial charge in [0.2, 0.25) is 0 Å². The zero-order chi connectivity index (χ0) is 13.4. The van der Waals surface area contributed by atoms with Crippen LogP contribution in [0.5, 0.6) is 5.75 Å². The third-order valence-electron chi connectivity index (χ3n) is 2.06. The van der Waals surface area contributed by atoms with Gasteiger partial charge in [0.1, 0.15) is 5.75 Å². The second-order valence-corrected chi connectivity index (χ2v) is 3.40. The number of hydrogen-bond donors (Lipinski definition) is 3. The standard InChI is InChI=1S/C11H12N2O.BH3O3/c1-14-11-5-3-10(4-6-11)9-13-8-2-7-12-13;2-1(3)4/h2-8H,9H2,1H3;2-4H. The summed E-state index contributed by atoms with van der Waals surface area (Å²) in [6.45, 7) is 0.803. The Labute approximate surface area is 105 Å². The van der Waals surface area contributed by atoms with Gasteiger partial charge in [-0.25, -0.2) is 0 Å². The van der Waals surface area contributed by atoms with Crippen LogP contribution in [0.3, 0.4) is 0 Å². The van der Waals surface area contributed by atoms with E-state index in [1.54, 1.807) is 13.3 Å². The molecule has 0 aliphatic carbocycles. The number of methoxy groups -OCH3 is 1. The molecular weight excluding hydrogens is 235 g/mol. The highest BCUT2D eigenvalue weighted by Gasteiger charge is 1.95. The van der Waals surface area contributed by atoms with Crippen molar-refractivity contribution in [3.8, 4) is 5.75 Å². The van der Waals surface area contributed by atoms with Gasteiger partial charge in [0.05, 0.1) is 13.7 Å². The molecule has 0 radical (unpaired) electrons. The highest BCUT2D eigenvalue weighted by Crippen LogP contribution is 2.11. The Bertz CT molecular complexity index is 428. The van der Waals surface area contributed by atoms with Gasteiger partial charge in [-0.05, 0) is 23.8 Å². The summed E-state index contributed by atoms with van der Waals surface area (Å²) in [5, 5.41) is 25.6. The number of nitrogens with zero attached hydrogens (tertiary/aromatic N) is 2. The van der Waals surface area contributed by atoms with Crippen LogP contribution >= 0.6 is 0 Å². The quantitative estimate of drug-likeness (QED) is 0.661. The van der Waals surface area contributed by atoms with Crippen molar-refractivity contribution in [3.05, 3.63) is 48.3 Å². The lowest BCUT2D eigenvalue weighted by atomic mass is 10.2. The van der Waals surface area contributed by atoms with Crippen LogP contribution in [0.4, 0.5) is 0 Å². The van der Waals surface area contributed by atoms with Crippen LogP contribution in [0.1, 0.15) is 5.56 Å². The Morgan fingerprint density at radius 3 is 2.28 bits per heavy atom. The highest BCUT2D eigenvalue weighted by molar-refractivity contribution is 6.30. The fourth-order valence-electron chi connectivity index (χ4n) is 1.31. The molecule has 0 amide bonds. The molecule has 0 bridgehead atoms. The maximum absolute atomic E-state index is 7.17. The minimum absolute atomic E-state index is 0.803. The maximum atomic E-state index is 7.17. The number of ether oxygens (including phenoxy) is 1. The molecule has 6 nitrogen and oxygen atoms in total. The van der Waals surface area contributed by atoms with Crippen LogP contribution in [0, 0.1) is 0 Å². The molecule has 3 N–H and O–H groups in total. The summed E-state index contributed by atoms with van der Waals surface area (Å²) in [7, 11) is -0.498. The lowest BCUT2D eigenvalue weighted by Gasteiger charge is -2.03. The SMILES string of the molecule is COc1ccc(Cn2cccn2)cc1.OB(O)O. The van der Waals surface area contributed by atoms with E-state index in [0.29, 0.717) is 0 Å². The predicted octanol–water partition coefficient (Wildman–Crippen LogP) is -0.112. The van der Waals surface area contributed by atoms with Gasteiger partial charge in [0.25, 0.3) is 0 Å². The monoisotopic (exact) mass is 250 g/mol. The number of hydrogen-bond acceptors (Lipinski definition) is 5. The van der Waals surface area contributed by atoms with E-state index < -0.39 is 7.32 Å². The largest absolute Gasteiger partial charge is 0.631 e. The molecular formula is C11H15BN2O4. The topological polar surface area (TPSA) is 87.7 Å². The maximum Gasteiger partial charge on any atom is 0.631 e. The Balaban J connectivity index is 0.000000357. The Morgan fingerprint density at radius 1 is 1.22 bits per heavy atom. The zero-order valence-corrected chi connectivity index (χ0v) is 9.97. The third kappa shape index (κ3) is 5.49. The van der Waals surface area contributed by atoms with Crippen LogP contribution in [0.2, 0.25) is 0 Å². The summed E-state index contributed by atoms with van der Waals surface area (Å²) in [4.78, 5) is 0. The first-order chi connectivity index (χ1) is 8.61. The number of benzene rings is 1. The van der Waals surface area contributed by atoms with E-state index in [-0.39, 0.29) is 0 Å². The van der Waals surface area contributed by atoms with Crippen molar-refractivity contribution in [1.29, 1.82) is 0 Å². The zero-order valence-electron chi connectivity index (χ0n) is 9.97. The summed E-state index contributed by atoms with van der Waals surface area (Å²) in [5.41, 5.74) is 1.22. The highest BCUT2D eigenvalue weighted by atomic mass is 16.5. The van der Waals surface area contributed by atoms with E-state index in [4.69, 9.17) is 19.8 Å². The fraction of sp³-hybridized carbons (Fsp3) is 0.182. The van der Waals surface area contributed by atoms with Crippen LogP contribution in [0.15, 0.2) is 42.7 Å². The molecule has 0 unspecified atom stereocenters. The number of aromatic nitrogens is 2. The molecule has 7 heteroatoms. The Morgan fingerprint density at radius 2 is 1.83 bits per heavy atom. The molecule has 1 aromatic carbocycles. The van der Waals surface area contributed by atoms with Crippen LogP contribution in [0.25, 0.3) is 0 Å². The molecule has 0 saturated carbocycles. The van der Waals surface area contributed by atoms with Crippen molar-refractivity contribution in [2.45, 2.75) is 6.54 Å². The summed E-state index contributed by atoms with van der Waals surface area (Å²) >= 11 is 0. The van der Waals surface area contributed by atoms with Crippen molar-refractivity contribution in [2.75, 3.05) is 7.11 Å². The first-order valence-corrected chi connectivity index (χ1v) is 5.26. The molecule has 0 atom stereocenters. The molecule has 96 valence electrons. The van der Waals surface area contributed by atoms with Crippen LogP contribution in [-0.2, 0) is 6.54 Å². The minimum Gasteiger partial charge on any atom is -0.497 e. The molecule has 0 fully saturated rings. The minimum atomic E-state index is -2.17. The van der Waals surface area contributed by atoms with Gasteiger partial charge in [-0.1, -0.05) is 12.1 Å². The lowest BCUT2D eigenvalue weighted by molar-refractivity contribution is 0.278. The second kappa shape index (κ2) is 7.49. The van der Waals surface area contributed by atoms with Crippen LogP contribution < -0.4 is 4.74 Å². The normalized spacial score (nSPS) is 9.33. The van der Waals surface area contributed by atoms with E-state index in [9.17, 15) is 0 Å². The molecule has 2 aromatic rings. The van der Waals surface area contributed by atoms with Gasteiger partial charge in [0.15, 0.2) is 0 Å². The molecule has 18 heavy (non-hydrogen) atoms. The van der Waals surface area contributed by atoms with E-state index in [1.807, 2.05) is 41.2 Å². The summed E-state index contributed by atoms with van der Waals surface area (Å²) < 4.78 is 6.97. The van der Waals surface area contributed by atoms with Crippen molar-refractivity contribution in [1.82, 2.24) is 9.78 Å². The second-order valence-electron chi connectivity index (χ2n) is 3.40. The van der Waals surface area contributed by atoms with Gasteiger partial charge in [-0.3, -0.25) is 4.68 Å². The van der Waals surface area contributed by atoms with E-state index in [1.165, 1.54) is 5.56 Å². The predicted molar refractivity (Wildman–Crippen MR) is 66.7 cm³/mol. The first-order valence-electron chi connectivity index (χ1n) is 5.26. The van der Waals surface area contributed by atoms with Crippen molar-refractivity contribution in [3.63, 3.8) is 0 Å². The van der Waals surface area contributed by atoms with Crippen molar-refractivity contribution >= 4 is 7.32 Å².